The standard InChI is InChI=1S/C20H16ClFN2O4S/c21-17-13-4-3-12(22)8-16(13)29-18(17)20(27)28-10-15(25)11-7-14(23-9-11)19(26)24-5-1-2-6-24/h3-4,7-9,23H,1-2,5-6,10H2. The second-order valence-corrected chi connectivity index (χ2v) is 8.12. The van der Waals surface area contributed by atoms with Gasteiger partial charge >= 0.3 is 5.97 Å². The molecule has 1 fully saturated rings. The lowest BCUT2D eigenvalue weighted by atomic mass is 10.2. The van der Waals surface area contributed by atoms with Crippen LogP contribution in [0, 0.1) is 5.82 Å². The molecule has 3 aromatic rings. The second-order valence-electron chi connectivity index (χ2n) is 6.69. The van der Waals surface area contributed by atoms with Gasteiger partial charge in [0.2, 0.25) is 5.78 Å². The number of nitrogens with one attached hydrogen (secondary N) is 1. The molecule has 3 heterocycles. The zero-order chi connectivity index (χ0) is 20.5. The van der Waals surface area contributed by atoms with E-state index in [1.165, 1.54) is 30.5 Å². The Morgan fingerprint density at radius 3 is 2.72 bits per heavy atom. The molecule has 0 unspecified atom stereocenters. The Morgan fingerprint density at radius 2 is 1.97 bits per heavy atom. The van der Waals surface area contributed by atoms with Crippen LogP contribution in [0.25, 0.3) is 10.1 Å². The van der Waals surface area contributed by atoms with Gasteiger partial charge in [-0.15, -0.1) is 11.3 Å². The number of halogens is 2. The van der Waals surface area contributed by atoms with Crippen LogP contribution in [0.2, 0.25) is 5.02 Å². The van der Waals surface area contributed by atoms with Gasteiger partial charge in [0.05, 0.1) is 5.02 Å². The van der Waals surface area contributed by atoms with E-state index in [9.17, 15) is 18.8 Å². The van der Waals surface area contributed by atoms with Crippen molar-refractivity contribution in [3.63, 3.8) is 0 Å². The van der Waals surface area contributed by atoms with Crippen molar-refractivity contribution in [3.05, 3.63) is 57.4 Å². The highest BCUT2D eigenvalue weighted by molar-refractivity contribution is 7.21. The predicted molar refractivity (Wildman–Crippen MR) is 107 cm³/mol. The minimum Gasteiger partial charge on any atom is -0.453 e. The lowest BCUT2D eigenvalue weighted by molar-refractivity contribution is 0.0479. The van der Waals surface area contributed by atoms with Crippen molar-refractivity contribution in [1.82, 2.24) is 9.88 Å². The molecular formula is C20H16ClFN2O4S. The van der Waals surface area contributed by atoms with Crippen LogP contribution in [0.15, 0.2) is 30.5 Å². The number of fused-ring (bicyclic) bond motifs is 1. The molecule has 1 aromatic carbocycles. The van der Waals surface area contributed by atoms with Crippen LogP contribution >= 0.6 is 22.9 Å². The van der Waals surface area contributed by atoms with Crippen molar-refractivity contribution in [3.8, 4) is 0 Å². The molecule has 0 radical (unpaired) electrons. The number of aromatic amines is 1. The van der Waals surface area contributed by atoms with E-state index in [-0.39, 0.29) is 21.4 Å². The van der Waals surface area contributed by atoms with E-state index in [4.69, 9.17) is 16.3 Å². The number of esters is 1. The van der Waals surface area contributed by atoms with E-state index >= 15 is 0 Å². The summed E-state index contributed by atoms with van der Waals surface area (Å²) >= 11 is 7.19. The maximum atomic E-state index is 13.4. The number of hydrogen-bond acceptors (Lipinski definition) is 5. The maximum absolute atomic E-state index is 13.4. The van der Waals surface area contributed by atoms with Gasteiger partial charge in [0.25, 0.3) is 5.91 Å². The normalized spacial score (nSPS) is 13.8. The molecule has 9 heteroatoms. The highest BCUT2D eigenvalue weighted by Crippen LogP contribution is 2.36. The van der Waals surface area contributed by atoms with Crippen LogP contribution in [0.4, 0.5) is 4.39 Å². The van der Waals surface area contributed by atoms with Gasteiger partial charge in [-0.25, -0.2) is 9.18 Å². The fourth-order valence-corrected chi connectivity index (χ4v) is 4.65. The number of H-pyrrole nitrogens is 1. The second kappa shape index (κ2) is 7.96. The first kappa shape index (κ1) is 19.6. The van der Waals surface area contributed by atoms with Gasteiger partial charge in [0.1, 0.15) is 16.4 Å². The molecule has 1 aliphatic heterocycles. The van der Waals surface area contributed by atoms with Gasteiger partial charge < -0.3 is 14.6 Å². The summed E-state index contributed by atoms with van der Waals surface area (Å²) in [4.78, 5) is 41.7. The number of hydrogen-bond donors (Lipinski definition) is 1. The van der Waals surface area contributed by atoms with Crippen molar-refractivity contribution >= 4 is 50.7 Å². The van der Waals surface area contributed by atoms with Crippen molar-refractivity contribution in [2.45, 2.75) is 12.8 Å². The Kier molecular flexibility index (Phi) is 5.38. The number of likely N-dealkylation sites (tertiary alicyclic amines) is 1. The number of carbonyl (C=O) groups excluding carboxylic acids is 3. The van der Waals surface area contributed by atoms with E-state index in [1.807, 2.05) is 0 Å². The summed E-state index contributed by atoms with van der Waals surface area (Å²) in [6, 6.07) is 5.50. The Bertz CT molecular complexity index is 1120. The van der Waals surface area contributed by atoms with Gasteiger partial charge in [0, 0.05) is 34.9 Å². The summed E-state index contributed by atoms with van der Waals surface area (Å²) in [6.07, 6.45) is 3.37. The van der Waals surface area contributed by atoms with Crippen molar-refractivity contribution in [2.24, 2.45) is 0 Å². The average molecular weight is 435 g/mol. The molecule has 1 N–H and O–H groups in total. The fourth-order valence-electron chi connectivity index (χ4n) is 3.22. The molecule has 4 rings (SSSR count). The highest BCUT2D eigenvalue weighted by Gasteiger charge is 2.23. The average Bonchev–Trinajstić information content (AvgIpc) is 3.45. The molecule has 0 saturated carbocycles. The largest absolute Gasteiger partial charge is 0.453 e. The molecule has 2 aromatic heterocycles. The first-order chi connectivity index (χ1) is 13.9. The highest BCUT2D eigenvalue weighted by atomic mass is 35.5. The van der Waals surface area contributed by atoms with Crippen LogP contribution in [-0.2, 0) is 4.74 Å². The Morgan fingerprint density at radius 1 is 1.21 bits per heavy atom. The van der Waals surface area contributed by atoms with Gasteiger partial charge in [-0.3, -0.25) is 9.59 Å². The number of benzene rings is 1. The Balaban J connectivity index is 1.41. The molecule has 1 aliphatic rings. The third-order valence-corrected chi connectivity index (χ3v) is 6.38. The van der Waals surface area contributed by atoms with Crippen LogP contribution in [0.1, 0.15) is 43.4 Å². The number of amides is 1. The number of thiophene rings is 1. The molecule has 0 atom stereocenters. The monoisotopic (exact) mass is 434 g/mol. The third kappa shape index (κ3) is 3.90. The first-order valence-electron chi connectivity index (χ1n) is 8.99. The molecule has 0 bridgehead atoms. The van der Waals surface area contributed by atoms with Gasteiger partial charge in [0.15, 0.2) is 6.61 Å². The first-order valence-corrected chi connectivity index (χ1v) is 10.2. The molecule has 6 nitrogen and oxygen atoms in total. The number of Topliss-reactive ketones (excluding diaryl/α,β-unsaturated/α-hetero) is 1. The molecular weight excluding hydrogens is 419 g/mol. The minimum atomic E-state index is -0.756. The summed E-state index contributed by atoms with van der Waals surface area (Å²) in [7, 11) is 0. The maximum Gasteiger partial charge on any atom is 0.350 e. The number of rotatable bonds is 5. The SMILES string of the molecule is O=C(COC(=O)c1sc2cc(F)ccc2c1Cl)c1c[nH]c(C(=O)N2CCCC2)c1. The number of carbonyl (C=O) groups is 3. The predicted octanol–water partition coefficient (Wildman–Crippen LogP) is 4.30. The lowest BCUT2D eigenvalue weighted by Crippen LogP contribution is -2.27. The zero-order valence-corrected chi connectivity index (χ0v) is 16.7. The summed E-state index contributed by atoms with van der Waals surface area (Å²) in [5, 5.41) is 0.717. The molecule has 1 saturated heterocycles. The van der Waals surface area contributed by atoms with Crippen LogP contribution in [0.5, 0.6) is 0 Å². The van der Waals surface area contributed by atoms with Gasteiger partial charge in [-0.05, 0) is 37.1 Å². The van der Waals surface area contributed by atoms with Crippen molar-refractivity contribution < 1.29 is 23.5 Å². The summed E-state index contributed by atoms with van der Waals surface area (Å²) in [5.41, 5.74) is 0.584. The van der Waals surface area contributed by atoms with E-state index in [0.717, 1.165) is 24.2 Å². The quantitative estimate of drug-likeness (QED) is 0.479. The van der Waals surface area contributed by atoms with E-state index in [0.29, 0.717) is 28.9 Å². The summed E-state index contributed by atoms with van der Waals surface area (Å²) in [5.74, 6) is -1.78. The van der Waals surface area contributed by atoms with Gasteiger partial charge in [-0.2, -0.15) is 0 Å². The Hall–Kier alpha value is -2.71. The molecule has 150 valence electrons. The zero-order valence-electron chi connectivity index (χ0n) is 15.2. The summed E-state index contributed by atoms with van der Waals surface area (Å²) < 4.78 is 19.0. The van der Waals surface area contributed by atoms with E-state index < -0.39 is 24.2 Å². The van der Waals surface area contributed by atoms with Crippen LogP contribution in [-0.4, -0.2) is 47.2 Å². The van der Waals surface area contributed by atoms with Crippen LogP contribution < -0.4 is 0 Å². The molecule has 0 aliphatic carbocycles. The lowest BCUT2D eigenvalue weighted by Gasteiger charge is -2.13. The fraction of sp³-hybridized carbons (Fsp3) is 0.250. The van der Waals surface area contributed by atoms with Crippen molar-refractivity contribution in [2.75, 3.05) is 19.7 Å². The minimum absolute atomic E-state index is 0.110. The Labute approximate surface area is 174 Å². The molecule has 1 amide bonds. The topological polar surface area (TPSA) is 79.5 Å². The molecule has 0 spiro atoms. The number of ketones is 1. The third-order valence-electron chi connectivity index (χ3n) is 4.74. The number of nitrogens with zero attached hydrogens (tertiary/aromatic N) is 1. The number of aromatic nitrogens is 1. The van der Waals surface area contributed by atoms with Crippen LogP contribution in [0.3, 0.4) is 0 Å². The van der Waals surface area contributed by atoms with E-state index in [2.05, 4.69) is 4.98 Å². The smallest absolute Gasteiger partial charge is 0.350 e. The van der Waals surface area contributed by atoms with Gasteiger partial charge in [-0.1, -0.05) is 11.6 Å². The number of ether oxygens (including phenoxy) is 1. The molecule has 29 heavy (non-hydrogen) atoms. The van der Waals surface area contributed by atoms with E-state index in [1.54, 1.807) is 4.90 Å². The summed E-state index contributed by atoms with van der Waals surface area (Å²) in [6.45, 7) is 0.921. The van der Waals surface area contributed by atoms with Crippen molar-refractivity contribution in [1.29, 1.82) is 0 Å².